The molecule has 2 aliphatic rings. The number of anilines is 1. The fraction of sp³-hybridized carbons (Fsp3) is 0.524. The van der Waals surface area contributed by atoms with E-state index in [0.717, 1.165) is 39.1 Å². The number of nitrogens with one attached hydrogen (secondary N) is 2. The van der Waals surface area contributed by atoms with E-state index in [0.29, 0.717) is 46.9 Å². The number of carbonyl (C=O) groups excluding carboxylic acids is 1. The van der Waals surface area contributed by atoms with Gasteiger partial charge in [-0.15, -0.1) is 0 Å². The molecule has 0 bridgehead atoms. The van der Waals surface area contributed by atoms with Crippen LogP contribution < -0.4 is 10.6 Å². The number of aromatic nitrogens is 3. The number of pyridine rings is 1. The fourth-order valence-corrected chi connectivity index (χ4v) is 4.04. The van der Waals surface area contributed by atoms with Crippen molar-refractivity contribution in [3.05, 3.63) is 34.3 Å². The minimum atomic E-state index is -0.462. The Kier molecular flexibility index (Phi) is 7.68. The van der Waals surface area contributed by atoms with Gasteiger partial charge >= 0.3 is 0 Å². The average molecular weight is 466 g/mol. The van der Waals surface area contributed by atoms with Crippen molar-refractivity contribution < 1.29 is 14.3 Å². The minimum absolute atomic E-state index is 0.0305. The van der Waals surface area contributed by atoms with Crippen molar-refractivity contribution in [1.29, 1.82) is 0 Å². The molecule has 31 heavy (non-hydrogen) atoms. The second-order valence-corrected chi connectivity index (χ2v) is 8.46. The van der Waals surface area contributed by atoms with Crippen LogP contribution in [0.15, 0.2) is 18.5 Å². The minimum Gasteiger partial charge on any atom is -0.381 e. The van der Waals surface area contributed by atoms with Gasteiger partial charge < -0.3 is 20.1 Å². The highest BCUT2D eigenvalue weighted by molar-refractivity contribution is 6.35. The van der Waals surface area contributed by atoms with Gasteiger partial charge in [-0.25, -0.2) is 9.97 Å². The van der Waals surface area contributed by atoms with Crippen molar-refractivity contribution in [1.82, 2.24) is 20.3 Å². The number of ketones is 1. The van der Waals surface area contributed by atoms with Crippen LogP contribution in [0.1, 0.15) is 18.5 Å². The fourth-order valence-electron chi connectivity index (χ4n) is 3.66. The molecule has 2 aromatic rings. The quantitative estimate of drug-likeness (QED) is 0.643. The monoisotopic (exact) mass is 465 g/mol. The number of carbonyl (C=O) groups is 1. The van der Waals surface area contributed by atoms with Gasteiger partial charge in [0.25, 0.3) is 0 Å². The van der Waals surface area contributed by atoms with Crippen molar-refractivity contribution in [3.63, 3.8) is 0 Å². The summed E-state index contributed by atoms with van der Waals surface area (Å²) in [5, 5.41) is 7.13. The Morgan fingerprint density at radius 1 is 1.19 bits per heavy atom. The predicted molar refractivity (Wildman–Crippen MR) is 119 cm³/mol. The van der Waals surface area contributed by atoms with E-state index in [1.54, 1.807) is 12.3 Å². The van der Waals surface area contributed by atoms with Gasteiger partial charge in [0.15, 0.2) is 10.9 Å². The van der Waals surface area contributed by atoms with E-state index in [4.69, 9.17) is 32.7 Å². The van der Waals surface area contributed by atoms with Crippen LogP contribution in [-0.2, 0) is 20.7 Å². The highest BCUT2D eigenvalue weighted by atomic mass is 35.5. The van der Waals surface area contributed by atoms with Gasteiger partial charge in [0.1, 0.15) is 17.6 Å². The summed E-state index contributed by atoms with van der Waals surface area (Å²) in [6, 6.07) is 1.74. The Hall–Kier alpha value is -1.84. The lowest BCUT2D eigenvalue weighted by Crippen LogP contribution is -2.43. The van der Waals surface area contributed by atoms with Crippen molar-refractivity contribution in [2.75, 3.05) is 44.8 Å². The molecule has 2 fully saturated rings. The van der Waals surface area contributed by atoms with E-state index in [1.165, 1.54) is 6.20 Å². The first-order chi connectivity index (χ1) is 15.1. The average Bonchev–Trinajstić information content (AvgIpc) is 2.81. The Labute approximate surface area is 191 Å². The molecule has 8 nitrogen and oxygen atoms in total. The molecule has 10 heteroatoms. The molecule has 0 saturated carbocycles. The highest BCUT2D eigenvalue weighted by Gasteiger charge is 2.23. The van der Waals surface area contributed by atoms with Crippen molar-refractivity contribution in [3.8, 4) is 11.3 Å². The van der Waals surface area contributed by atoms with Crippen LogP contribution in [0.2, 0.25) is 10.2 Å². The van der Waals surface area contributed by atoms with Crippen LogP contribution in [-0.4, -0.2) is 66.3 Å². The second-order valence-electron chi connectivity index (χ2n) is 7.69. The lowest BCUT2D eigenvalue weighted by Gasteiger charge is -2.22. The van der Waals surface area contributed by atoms with E-state index >= 15 is 0 Å². The molecule has 2 N–H and O–H groups in total. The Morgan fingerprint density at radius 3 is 2.81 bits per heavy atom. The Morgan fingerprint density at radius 2 is 2.03 bits per heavy atom. The molecule has 0 aliphatic carbocycles. The molecule has 0 spiro atoms. The Bertz CT molecular complexity index is 918. The predicted octanol–water partition coefficient (Wildman–Crippen LogP) is 2.78. The zero-order valence-corrected chi connectivity index (χ0v) is 18.6. The summed E-state index contributed by atoms with van der Waals surface area (Å²) in [5.41, 5.74) is 1.63. The third-order valence-corrected chi connectivity index (χ3v) is 6.03. The number of nitrogens with zero attached hydrogens (tertiary/aromatic N) is 3. The molecular formula is C21H25Cl2N5O3. The van der Waals surface area contributed by atoms with E-state index in [1.807, 2.05) is 0 Å². The number of morpholine rings is 1. The summed E-state index contributed by atoms with van der Waals surface area (Å²) in [7, 11) is 0. The molecule has 4 rings (SSSR count). The van der Waals surface area contributed by atoms with Crippen LogP contribution in [0.4, 0.5) is 5.82 Å². The van der Waals surface area contributed by atoms with Crippen molar-refractivity contribution in [2.45, 2.75) is 25.4 Å². The maximum absolute atomic E-state index is 12.5. The van der Waals surface area contributed by atoms with E-state index in [2.05, 4.69) is 25.6 Å². The molecule has 0 amide bonds. The number of ether oxygens (including phenoxy) is 2. The maximum atomic E-state index is 12.5. The molecule has 1 atom stereocenters. The van der Waals surface area contributed by atoms with Crippen LogP contribution in [0.3, 0.4) is 0 Å². The third kappa shape index (κ3) is 5.90. The number of hydrogen-bond donors (Lipinski definition) is 2. The number of hydrogen-bond acceptors (Lipinski definition) is 8. The van der Waals surface area contributed by atoms with E-state index in [-0.39, 0.29) is 17.4 Å². The largest absolute Gasteiger partial charge is 0.381 e. The van der Waals surface area contributed by atoms with Gasteiger partial charge in [0.2, 0.25) is 0 Å². The second kappa shape index (κ2) is 10.7. The molecule has 2 aromatic heterocycles. The number of rotatable bonds is 7. The third-order valence-electron chi connectivity index (χ3n) is 5.45. The van der Waals surface area contributed by atoms with E-state index in [9.17, 15) is 4.79 Å². The first kappa shape index (κ1) is 22.4. The lowest BCUT2D eigenvalue weighted by molar-refractivity contribution is -0.131. The van der Waals surface area contributed by atoms with Crippen molar-refractivity contribution in [2.24, 2.45) is 5.92 Å². The molecule has 0 aromatic carbocycles. The molecule has 0 unspecified atom stereocenters. The molecule has 2 saturated heterocycles. The summed E-state index contributed by atoms with van der Waals surface area (Å²) in [6.07, 6.45) is 4.85. The van der Waals surface area contributed by atoms with Crippen LogP contribution in [0.25, 0.3) is 11.3 Å². The van der Waals surface area contributed by atoms with Gasteiger partial charge in [-0.1, -0.05) is 23.2 Å². The standard InChI is InChI=1S/C21H25Cl2N5O3/c22-16-10-25-14(8-17(29)18-11-24-3-6-31-18)7-15(16)20-21(23)27-12-19(28-20)26-9-13-1-4-30-5-2-13/h7,10,12-13,18,24H,1-6,8-9,11H2,(H,26,28)/t18-/m1/s1. The van der Waals surface area contributed by atoms with Gasteiger partial charge in [-0.05, 0) is 24.8 Å². The SMILES string of the molecule is O=C(Cc1cc(-c2nc(NCC3CCOCC3)cnc2Cl)c(Cl)cn1)[C@H]1CNCCO1. The summed E-state index contributed by atoms with van der Waals surface area (Å²) in [4.78, 5) is 25.7. The van der Waals surface area contributed by atoms with Gasteiger partial charge in [-0.2, -0.15) is 0 Å². The summed E-state index contributed by atoms with van der Waals surface area (Å²) < 4.78 is 10.9. The number of halogens is 2. The molecule has 2 aliphatic heterocycles. The zero-order valence-electron chi connectivity index (χ0n) is 17.1. The van der Waals surface area contributed by atoms with Crippen LogP contribution in [0.5, 0.6) is 0 Å². The number of Topliss-reactive ketones (excluding diaryl/α,β-unsaturated/α-hetero) is 1. The van der Waals surface area contributed by atoms with Gasteiger partial charge in [-0.3, -0.25) is 9.78 Å². The summed E-state index contributed by atoms with van der Waals surface area (Å²) >= 11 is 12.7. The molecular weight excluding hydrogens is 441 g/mol. The maximum Gasteiger partial charge on any atom is 0.168 e. The highest BCUT2D eigenvalue weighted by Crippen LogP contribution is 2.32. The molecule has 4 heterocycles. The summed E-state index contributed by atoms with van der Waals surface area (Å²) in [6.45, 7) is 4.16. The summed E-state index contributed by atoms with van der Waals surface area (Å²) in [5.74, 6) is 1.13. The smallest absolute Gasteiger partial charge is 0.168 e. The normalized spacial score (nSPS) is 19.9. The Balaban J connectivity index is 1.49. The molecule has 166 valence electrons. The zero-order chi connectivity index (χ0) is 21.6. The van der Waals surface area contributed by atoms with Crippen LogP contribution in [0, 0.1) is 5.92 Å². The van der Waals surface area contributed by atoms with Crippen molar-refractivity contribution >= 4 is 34.8 Å². The topological polar surface area (TPSA) is 98.3 Å². The van der Waals surface area contributed by atoms with Gasteiger partial charge in [0, 0.05) is 50.3 Å². The first-order valence-corrected chi connectivity index (χ1v) is 11.2. The lowest BCUT2D eigenvalue weighted by atomic mass is 10.0. The van der Waals surface area contributed by atoms with Crippen LogP contribution >= 0.6 is 23.2 Å². The molecule has 0 radical (unpaired) electrons. The van der Waals surface area contributed by atoms with Gasteiger partial charge in [0.05, 0.1) is 24.2 Å². The van der Waals surface area contributed by atoms with E-state index < -0.39 is 6.10 Å². The first-order valence-electron chi connectivity index (χ1n) is 10.4.